The largest absolute Gasteiger partial charge is 0.493 e. The van der Waals surface area contributed by atoms with Crippen LogP contribution in [0.1, 0.15) is 49.0 Å². The Hall–Kier alpha value is -2.83. The standard InChI is InChI=1S/C19H23N3O4/c1-13(23)14-7-8-16(17(11-14)25-2)26-12-19(24)21-18-9-10-20-22(18)15-5-3-4-6-15/h7-11,15H,3-6,12H2,1-2H3,(H,21,24). The summed E-state index contributed by atoms with van der Waals surface area (Å²) in [6.45, 7) is 1.32. The molecule has 1 heterocycles. The monoisotopic (exact) mass is 357 g/mol. The van der Waals surface area contributed by atoms with Gasteiger partial charge in [0, 0.05) is 11.6 Å². The predicted octanol–water partition coefficient (Wildman–Crippen LogP) is 3.23. The van der Waals surface area contributed by atoms with Crippen LogP contribution in [0.15, 0.2) is 30.5 Å². The molecule has 1 fully saturated rings. The molecule has 0 saturated heterocycles. The zero-order valence-corrected chi connectivity index (χ0v) is 15.0. The lowest BCUT2D eigenvalue weighted by atomic mass is 10.1. The molecule has 1 saturated carbocycles. The molecule has 1 amide bonds. The second-order valence-corrected chi connectivity index (χ2v) is 6.36. The second-order valence-electron chi connectivity index (χ2n) is 6.36. The first kappa shape index (κ1) is 18.0. The molecule has 7 heteroatoms. The van der Waals surface area contributed by atoms with Gasteiger partial charge in [0.25, 0.3) is 5.91 Å². The second kappa shape index (κ2) is 8.03. The van der Waals surface area contributed by atoms with E-state index >= 15 is 0 Å². The lowest BCUT2D eigenvalue weighted by Crippen LogP contribution is -2.23. The summed E-state index contributed by atoms with van der Waals surface area (Å²) in [5, 5.41) is 7.18. The van der Waals surface area contributed by atoms with E-state index < -0.39 is 0 Å². The summed E-state index contributed by atoms with van der Waals surface area (Å²) in [6, 6.07) is 7.02. The Morgan fingerprint density at radius 2 is 2.00 bits per heavy atom. The van der Waals surface area contributed by atoms with Gasteiger partial charge in [-0.05, 0) is 38.0 Å². The molecule has 1 aliphatic rings. The van der Waals surface area contributed by atoms with Crippen LogP contribution >= 0.6 is 0 Å². The number of nitrogens with one attached hydrogen (secondary N) is 1. The Labute approximate surface area is 152 Å². The summed E-state index contributed by atoms with van der Waals surface area (Å²) < 4.78 is 12.7. The maximum atomic E-state index is 12.3. The highest BCUT2D eigenvalue weighted by Crippen LogP contribution is 2.31. The number of amides is 1. The molecule has 3 rings (SSSR count). The number of ether oxygens (including phenoxy) is 2. The normalized spacial score (nSPS) is 14.2. The zero-order chi connectivity index (χ0) is 18.5. The molecular formula is C19H23N3O4. The molecule has 2 aromatic rings. The van der Waals surface area contributed by atoms with E-state index in [9.17, 15) is 9.59 Å². The average molecular weight is 357 g/mol. The third kappa shape index (κ3) is 4.04. The molecule has 26 heavy (non-hydrogen) atoms. The van der Waals surface area contributed by atoms with Crippen molar-refractivity contribution in [2.24, 2.45) is 0 Å². The van der Waals surface area contributed by atoms with Gasteiger partial charge in [0.05, 0.1) is 19.3 Å². The lowest BCUT2D eigenvalue weighted by molar-refractivity contribution is -0.118. The zero-order valence-electron chi connectivity index (χ0n) is 15.0. The van der Waals surface area contributed by atoms with Crippen molar-refractivity contribution >= 4 is 17.5 Å². The van der Waals surface area contributed by atoms with Crippen LogP contribution in [0.4, 0.5) is 5.82 Å². The minimum absolute atomic E-state index is 0.0623. The first-order chi connectivity index (χ1) is 12.6. The highest BCUT2D eigenvalue weighted by Gasteiger charge is 2.20. The fraction of sp³-hybridized carbons (Fsp3) is 0.421. The quantitative estimate of drug-likeness (QED) is 0.769. The number of benzene rings is 1. The molecule has 1 aromatic carbocycles. The number of hydrogen-bond donors (Lipinski definition) is 1. The van der Waals surface area contributed by atoms with E-state index in [1.165, 1.54) is 26.9 Å². The number of hydrogen-bond acceptors (Lipinski definition) is 5. The predicted molar refractivity (Wildman–Crippen MR) is 96.9 cm³/mol. The van der Waals surface area contributed by atoms with Gasteiger partial charge in [-0.2, -0.15) is 5.10 Å². The summed E-state index contributed by atoms with van der Waals surface area (Å²) in [7, 11) is 1.49. The molecular weight excluding hydrogens is 334 g/mol. The molecule has 7 nitrogen and oxygen atoms in total. The minimum atomic E-state index is -0.276. The van der Waals surface area contributed by atoms with Gasteiger partial charge in [-0.1, -0.05) is 12.8 Å². The van der Waals surface area contributed by atoms with E-state index in [4.69, 9.17) is 9.47 Å². The Morgan fingerprint density at radius 1 is 1.23 bits per heavy atom. The molecule has 0 unspecified atom stereocenters. The summed E-state index contributed by atoms with van der Waals surface area (Å²) in [6.07, 6.45) is 6.24. The third-order valence-electron chi connectivity index (χ3n) is 4.54. The van der Waals surface area contributed by atoms with Crippen molar-refractivity contribution in [3.8, 4) is 11.5 Å². The molecule has 1 aromatic heterocycles. The van der Waals surface area contributed by atoms with Gasteiger partial charge < -0.3 is 14.8 Å². The fourth-order valence-electron chi connectivity index (χ4n) is 3.18. The number of carbonyl (C=O) groups excluding carboxylic acids is 2. The van der Waals surface area contributed by atoms with Crippen molar-refractivity contribution in [3.63, 3.8) is 0 Å². The van der Waals surface area contributed by atoms with Gasteiger partial charge in [0.2, 0.25) is 0 Å². The van der Waals surface area contributed by atoms with Gasteiger partial charge >= 0.3 is 0 Å². The highest BCUT2D eigenvalue weighted by molar-refractivity contribution is 5.94. The SMILES string of the molecule is COc1cc(C(C)=O)ccc1OCC(=O)Nc1ccnn1C1CCCC1. The number of ketones is 1. The van der Waals surface area contributed by atoms with E-state index in [0.29, 0.717) is 28.9 Å². The first-order valence-corrected chi connectivity index (χ1v) is 8.73. The van der Waals surface area contributed by atoms with Crippen molar-refractivity contribution in [1.29, 1.82) is 0 Å². The van der Waals surface area contributed by atoms with Crippen molar-refractivity contribution in [2.45, 2.75) is 38.6 Å². The molecule has 1 N–H and O–H groups in total. The van der Waals surface area contributed by atoms with Gasteiger partial charge in [-0.15, -0.1) is 0 Å². The van der Waals surface area contributed by atoms with Gasteiger partial charge in [0.1, 0.15) is 5.82 Å². The van der Waals surface area contributed by atoms with Crippen molar-refractivity contribution < 1.29 is 19.1 Å². The Balaban J connectivity index is 1.61. The van der Waals surface area contributed by atoms with Crippen LogP contribution in [-0.2, 0) is 4.79 Å². The molecule has 0 atom stereocenters. The Bertz CT molecular complexity index is 794. The van der Waals surface area contributed by atoms with Crippen molar-refractivity contribution in [3.05, 3.63) is 36.0 Å². The maximum Gasteiger partial charge on any atom is 0.263 e. The van der Waals surface area contributed by atoms with E-state index in [1.807, 2.05) is 4.68 Å². The van der Waals surface area contributed by atoms with Crippen LogP contribution < -0.4 is 14.8 Å². The third-order valence-corrected chi connectivity index (χ3v) is 4.54. The van der Waals surface area contributed by atoms with Crippen LogP contribution in [0.5, 0.6) is 11.5 Å². The number of rotatable bonds is 7. The van der Waals surface area contributed by atoms with Crippen LogP contribution in [0.3, 0.4) is 0 Å². The molecule has 0 bridgehead atoms. The average Bonchev–Trinajstić information content (AvgIpc) is 3.31. The van der Waals surface area contributed by atoms with Crippen molar-refractivity contribution in [1.82, 2.24) is 9.78 Å². The van der Waals surface area contributed by atoms with Crippen LogP contribution in [0.2, 0.25) is 0 Å². The summed E-state index contributed by atoms with van der Waals surface area (Å²) in [5.74, 6) is 1.18. The van der Waals surface area contributed by atoms with Crippen LogP contribution in [-0.4, -0.2) is 35.2 Å². The fourth-order valence-corrected chi connectivity index (χ4v) is 3.18. The maximum absolute atomic E-state index is 12.3. The lowest BCUT2D eigenvalue weighted by Gasteiger charge is -2.15. The minimum Gasteiger partial charge on any atom is -0.493 e. The van der Waals surface area contributed by atoms with E-state index in [-0.39, 0.29) is 18.3 Å². The molecule has 0 radical (unpaired) electrons. The van der Waals surface area contributed by atoms with E-state index in [2.05, 4.69) is 10.4 Å². The summed E-state index contributed by atoms with van der Waals surface area (Å²) in [5.41, 5.74) is 0.527. The van der Waals surface area contributed by atoms with Crippen LogP contribution in [0.25, 0.3) is 0 Å². The topological polar surface area (TPSA) is 82.4 Å². The Kier molecular flexibility index (Phi) is 5.55. The molecule has 0 spiro atoms. The molecule has 1 aliphatic carbocycles. The highest BCUT2D eigenvalue weighted by atomic mass is 16.5. The Morgan fingerprint density at radius 3 is 2.69 bits per heavy atom. The smallest absolute Gasteiger partial charge is 0.263 e. The molecule has 138 valence electrons. The summed E-state index contributed by atoms with van der Waals surface area (Å²) in [4.78, 5) is 23.7. The summed E-state index contributed by atoms with van der Waals surface area (Å²) >= 11 is 0. The number of Topliss-reactive ketones (excluding diaryl/α,β-unsaturated/α-hetero) is 1. The number of carbonyl (C=O) groups is 2. The number of nitrogens with zero attached hydrogens (tertiary/aromatic N) is 2. The van der Waals surface area contributed by atoms with Crippen molar-refractivity contribution in [2.75, 3.05) is 19.0 Å². The van der Waals surface area contributed by atoms with Crippen LogP contribution in [0, 0.1) is 0 Å². The molecule has 0 aliphatic heterocycles. The van der Waals surface area contributed by atoms with Gasteiger partial charge in [-0.25, -0.2) is 4.68 Å². The van der Waals surface area contributed by atoms with Gasteiger partial charge in [0.15, 0.2) is 23.9 Å². The number of anilines is 1. The van der Waals surface area contributed by atoms with E-state index in [1.54, 1.807) is 30.5 Å². The van der Waals surface area contributed by atoms with Gasteiger partial charge in [-0.3, -0.25) is 9.59 Å². The number of aromatic nitrogens is 2. The first-order valence-electron chi connectivity index (χ1n) is 8.73. The van der Waals surface area contributed by atoms with E-state index in [0.717, 1.165) is 12.8 Å². The number of methoxy groups -OCH3 is 1.